The molecule has 0 spiro atoms. The Balaban J connectivity index is 0.000000385. The molecule has 0 heterocycles. The maximum atomic E-state index is 3.44. The molecule has 0 N–H and O–H groups in total. The van der Waals surface area contributed by atoms with Gasteiger partial charge in [-0.1, -0.05) is 39.5 Å². The normalized spacial score (nSPS) is 18.7. The van der Waals surface area contributed by atoms with E-state index in [1.54, 1.807) is 0 Å². The van der Waals surface area contributed by atoms with Crippen molar-refractivity contribution < 1.29 is 26.2 Å². The molecule has 0 aromatic heterocycles. The third kappa shape index (κ3) is 6.92. The van der Waals surface area contributed by atoms with Gasteiger partial charge in [0, 0.05) is 0 Å². The molecule has 0 aromatic carbocycles. The minimum Gasteiger partial charge on any atom is -0.309 e. The van der Waals surface area contributed by atoms with E-state index >= 15 is 0 Å². The van der Waals surface area contributed by atoms with Crippen LogP contribution in [-0.2, 0) is 26.2 Å². The minimum absolute atomic E-state index is 0. The summed E-state index contributed by atoms with van der Waals surface area (Å²) in [5.41, 5.74) is 5.79. The Bertz CT molecular complexity index is 476. The van der Waals surface area contributed by atoms with Gasteiger partial charge in [-0.05, 0) is 27.1 Å². The molecule has 2 aliphatic carbocycles. The van der Waals surface area contributed by atoms with Gasteiger partial charge in [0.25, 0.3) is 0 Å². The average Bonchev–Trinajstić information content (AvgIpc) is 2.95. The standard InChI is InChI=1S/C10H16N.C10H15.Zr/c1-11(2)9-5-8-10-6-3-4-7-10;1-7-6-10(4,5)9(3)8(7)2;/h3,6H,4-5,8-9H2,1-2H3;1-5H3;/q2*-1;+2. The van der Waals surface area contributed by atoms with E-state index in [2.05, 4.69) is 77.9 Å². The molecular formula is C20H31NZr. The molecule has 0 bridgehead atoms. The first kappa shape index (κ1) is 21.8. The van der Waals surface area contributed by atoms with E-state index in [0.717, 1.165) is 6.42 Å². The Morgan fingerprint density at radius 2 is 1.82 bits per heavy atom. The van der Waals surface area contributed by atoms with Gasteiger partial charge in [0.05, 0.1) is 0 Å². The van der Waals surface area contributed by atoms with Crippen LogP contribution >= 0.6 is 0 Å². The molecule has 0 saturated carbocycles. The maximum absolute atomic E-state index is 3.44. The molecule has 0 aliphatic heterocycles. The van der Waals surface area contributed by atoms with E-state index in [4.69, 9.17) is 0 Å². The van der Waals surface area contributed by atoms with E-state index < -0.39 is 0 Å². The average molecular weight is 377 g/mol. The summed E-state index contributed by atoms with van der Waals surface area (Å²) >= 11 is 0. The molecule has 22 heavy (non-hydrogen) atoms. The van der Waals surface area contributed by atoms with Crippen molar-refractivity contribution in [2.24, 2.45) is 5.41 Å². The van der Waals surface area contributed by atoms with Gasteiger partial charge >= 0.3 is 26.2 Å². The summed E-state index contributed by atoms with van der Waals surface area (Å²) in [5, 5.41) is 0. The number of allylic oxidation sites excluding steroid dienone is 8. The molecule has 0 atom stereocenters. The van der Waals surface area contributed by atoms with Crippen molar-refractivity contribution >= 4 is 0 Å². The summed E-state index contributed by atoms with van der Waals surface area (Å²) in [5.74, 6) is 0. The predicted molar refractivity (Wildman–Crippen MR) is 92.9 cm³/mol. The first-order valence-corrected chi connectivity index (χ1v) is 7.95. The number of hydrogen-bond acceptors (Lipinski definition) is 1. The van der Waals surface area contributed by atoms with Crippen molar-refractivity contribution in [3.05, 3.63) is 46.6 Å². The number of nitrogens with zero attached hydrogens (tertiary/aromatic N) is 1. The van der Waals surface area contributed by atoms with E-state index in [-0.39, 0.29) is 31.6 Å². The van der Waals surface area contributed by atoms with Gasteiger partial charge in [-0.15, -0.1) is 13.3 Å². The summed E-state index contributed by atoms with van der Waals surface area (Å²) < 4.78 is 0. The maximum Gasteiger partial charge on any atom is 2.00 e. The van der Waals surface area contributed by atoms with Gasteiger partial charge in [-0.2, -0.15) is 17.2 Å². The molecule has 2 rings (SSSR count). The Morgan fingerprint density at radius 1 is 1.18 bits per heavy atom. The Labute approximate surface area is 157 Å². The minimum atomic E-state index is 0. The fraction of sp³-hybridized carbons (Fsp3) is 0.600. The first-order chi connectivity index (χ1) is 9.74. The second-order valence-electron chi connectivity index (χ2n) is 6.84. The predicted octanol–water partition coefficient (Wildman–Crippen LogP) is 5.13. The van der Waals surface area contributed by atoms with Gasteiger partial charge < -0.3 is 4.90 Å². The molecule has 120 valence electrons. The molecule has 0 saturated heterocycles. The Hall–Kier alpha value is -0.197. The van der Waals surface area contributed by atoms with Crippen molar-refractivity contribution in [1.29, 1.82) is 0 Å². The Kier molecular flexibility index (Phi) is 9.75. The van der Waals surface area contributed by atoms with Crippen LogP contribution in [-0.4, -0.2) is 25.5 Å². The summed E-state index contributed by atoms with van der Waals surface area (Å²) in [6, 6.07) is 0. The summed E-state index contributed by atoms with van der Waals surface area (Å²) in [6.07, 6.45) is 14.6. The third-order valence-electron chi connectivity index (χ3n) is 4.38. The fourth-order valence-electron chi connectivity index (χ4n) is 2.61. The van der Waals surface area contributed by atoms with Crippen LogP contribution < -0.4 is 0 Å². The Morgan fingerprint density at radius 3 is 2.14 bits per heavy atom. The smallest absolute Gasteiger partial charge is 0.309 e. The molecular weight excluding hydrogens is 345 g/mol. The number of hydrogen-bond donors (Lipinski definition) is 0. The van der Waals surface area contributed by atoms with Crippen molar-refractivity contribution in [2.45, 2.75) is 53.9 Å². The van der Waals surface area contributed by atoms with Crippen LogP contribution in [0.2, 0.25) is 0 Å². The van der Waals surface area contributed by atoms with Crippen LogP contribution in [0, 0.1) is 17.6 Å². The van der Waals surface area contributed by atoms with Crippen LogP contribution in [0.15, 0.2) is 34.4 Å². The second kappa shape index (κ2) is 9.83. The van der Waals surface area contributed by atoms with E-state index in [1.807, 2.05) is 0 Å². The van der Waals surface area contributed by atoms with E-state index in [9.17, 15) is 0 Å². The van der Waals surface area contributed by atoms with E-state index in [1.165, 1.54) is 41.7 Å². The van der Waals surface area contributed by atoms with Gasteiger partial charge in [-0.25, -0.2) is 17.2 Å². The van der Waals surface area contributed by atoms with Crippen LogP contribution in [0.3, 0.4) is 0 Å². The van der Waals surface area contributed by atoms with Gasteiger partial charge in [0.2, 0.25) is 0 Å². The van der Waals surface area contributed by atoms with Crippen molar-refractivity contribution in [3.8, 4) is 0 Å². The van der Waals surface area contributed by atoms with Crippen LogP contribution in [0.1, 0.15) is 53.9 Å². The van der Waals surface area contributed by atoms with Gasteiger partial charge in [-0.3, -0.25) is 12.2 Å². The monoisotopic (exact) mass is 375 g/mol. The zero-order chi connectivity index (χ0) is 16.0. The van der Waals surface area contributed by atoms with Crippen LogP contribution in [0.5, 0.6) is 0 Å². The molecule has 1 nitrogen and oxygen atoms in total. The second-order valence-corrected chi connectivity index (χ2v) is 6.84. The van der Waals surface area contributed by atoms with E-state index in [0.29, 0.717) is 0 Å². The molecule has 0 aromatic rings. The zero-order valence-electron chi connectivity index (χ0n) is 15.4. The fourth-order valence-corrected chi connectivity index (χ4v) is 2.61. The number of rotatable bonds is 4. The molecule has 0 amide bonds. The first-order valence-electron chi connectivity index (χ1n) is 7.95. The van der Waals surface area contributed by atoms with Crippen LogP contribution in [0.25, 0.3) is 0 Å². The molecule has 0 unspecified atom stereocenters. The third-order valence-corrected chi connectivity index (χ3v) is 4.38. The van der Waals surface area contributed by atoms with Crippen LogP contribution in [0.4, 0.5) is 0 Å². The molecule has 0 fully saturated rings. The van der Waals surface area contributed by atoms with Gasteiger partial charge in [0.15, 0.2) is 0 Å². The zero-order valence-corrected chi connectivity index (χ0v) is 17.9. The van der Waals surface area contributed by atoms with Crippen molar-refractivity contribution in [1.82, 2.24) is 4.90 Å². The van der Waals surface area contributed by atoms with Gasteiger partial charge in [0.1, 0.15) is 0 Å². The summed E-state index contributed by atoms with van der Waals surface area (Å²) in [7, 11) is 4.23. The molecule has 0 radical (unpaired) electrons. The van der Waals surface area contributed by atoms with Crippen molar-refractivity contribution in [3.63, 3.8) is 0 Å². The van der Waals surface area contributed by atoms with Crippen molar-refractivity contribution in [2.75, 3.05) is 20.6 Å². The quantitative estimate of drug-likeness (QED) is 0.615. The largest absolute Gasteiger partial charge is 2.00 e. The summed E-state index contributed by atoms with van der Waals surface area (Å²) in [4.78, 5) is 2.22. The molecule has 2 aliphatic rings. The summed E-state index contributed by atoms with van der Waals surface area (Å²) in [6.45, 7) is 12.1. The molecule has 2 heteroatoms. The topological polar surface area (TPSA) is 3.24 Å². The SMILES string of the molecule is CC1=[C-]C(C)(C)C(C)=C1C.CN(C)CCCC1=[C-]CC=C1.[Zr+2].